The number of anilines is 2. The first-order chi connectivity index (χ1) is 11.2. The Hall–Kier alpha value is -2.53. The Morgan fingerprint density at radius 3 is 2.52 bits per heavy atom. The Morgan fingerprint density at radius 1 is 0.870 bits per heavy atom. The Balaban J connectivity index is 1.92. The maximum Gasteiger partial charge on any atom is 0.265 e. The third kappa shape index (κ3) is 2.24. The van der Waals surface area contributed by atoms with Crippen LogP contribution in [0, 0.1) is 0 Å². The number of para-hydroxylation sites is 2. The minimum Gasteiger partial charge on any atom is -0.382 e. The lowest BCUT2D eigenvalue weighted by Crippen LogP contribution is -2.38. The van der Waals surface area contributed by atoms with Gasteiger partial charge in [-0.15, -0.1) is 0 Å². The quantitative estimate of drug-likeness (QED) is 0.785. The number of hydrogen-bond acceptors (Lipinski definition) is 3. The summed E-state index contributed by atoms with van der Waals surface area (Å²) in [6.07, 6.45) is 0. The molecule has 0 radical (unpaired) electrons. The molecule has 0 aliphatic carbocycles. The average molecular weight is 324 g/mol. The van der Waals surface area contributed by atoms with Gasteiger partial charge in [-0.25, -0.2) is 8.42 Å². The molecule has 3 aromatic rings. The predicted molar refractivity (Wildman–Crippen MR) is 93.4 cm³/mol. The maximum atomic E-state index is 13.3. The summed E-state index contributed by atoms with van der Waals surface area (Å²) in [7, 11) is -3.61. The van der Waals surface area contributed by atoms with E-state index in [4.69, 9.17) is 0 Å². The molecule has 5 heteroatoms. The van der Waals surface area contributed by atoms with E-state index < -0.39 is 10.0 Å². The van der Waals surface area contributed by atoms with Crippen LogP contribution in [0.1, 0.15) is 0 Å². The van der Waals surface area contributed by atoms with E-state index in [1.54, 1.807) is 12.1 Å². The third-order valence-corrected chi connectivity index (χ3v) is 5.99. The van der Waals surface area contributed by atoms with Crippen molar-refractivity contribution in [3.63, 3.8) is 0 Å². The van der Waals surface area contributed by atoms with Crippen molar-refractivity contribution in [1.82, 2.24) is 0 Å². The second-order valence-electron chi connectivity index (χ2n) is 5.50. The molecule has 0 spiro atoms. The van der Waals surface area contributed by atoms with E-state index in [9.17, 15) is 8.42 Å². The molecule has 0 saturated carbocycles. The van der Waals surface area contributed by atoms with Gasteiger partial charge < -0.3 is 5.32 Å². The molecular weight excluding hydrogens is 308 g/mol. The lowest BCUT2D eigenvalue weighted by molar-refractivity contribution is 0.591. The van der Waals surface area contributed by atoms with Crippen LogP contribution in [0.15, 0.2) is 71.6 Å². The smallest absolute Gasteiger partial charge is 0.265 e. The third-order valence-electron chi connectivity index (χ3n) is 4.12. The van der Waals surface area contributed by atoms with Gasteiger partial charge in [0, 0.05) is 11.9 Å². The molecule has 0 unspecified atom stereocenters. The Kier molecular flexibility index (Phi) is 3.23. The van der Waals surface area contributed by atoms with E-state index in [-0.39, 0.29) is 0 Å². The monoisotopic (exact) mass is 324 g/mol. The summed E-state index contributed by atoms with van der Waals surface area (Å²) in [5, 5.41) is 4.93. The zero-order chi connectivity index (χ0) is 15.9. The van der Waals surface area contributed by atoms with Gasteiger partial charge in [-0.2, -0.15) is 0 Å². The van der Waals surface area contributed by atoms with Crippen molar-refractivity contribution in [2.24, 2.45) is 0 Å². The summed E-state index contributed by atoms with van der Waals surface area (Å²) < 4.78 is 28.0. The standard InChI is InChI=1S/C18H16N2O2S/c21-23(22,18-11-5-7-14-6-1-2-8-15(14)18)20-13-12-19-16-9-3-4-10-17(16)20/h1-11,19H,12-13H2. The van der Waals surface area contributed by atoms with Gasteiger partial charge in [0.2, 0.25) is 0 Å². The molecule has 116 valence electrons. The molecule has 0 atom stereocenters. The van der Waals surface area contributed by atoms with E-state index in [2.05, 4.69) is 5.32 Å². The summed E-state index contributed by atoms with van der Waals surface area (Å²) in [6.45, 7) is 1.02. The van der Waals surface area contributed by atoms with E-state index in [1.165, 1.54) is 4.31 Å². The average Bonchev–Trinajstić information content (AvgIpc) is 2.60. The summed E-state index contributed by atoms with van der Waals surface area (Å²) in [4.78, 5) is 0.354. The zero-order valence-corrected chi connectivity index (χ0v) is 13.3. The maximum absolute atomic E-state index is 13.3. The molecule has 4 rings (SSSR count). The van der Waals surface area contributed by atoms with E-state index >= 15 is 0 Å². The van der Waals surface area contributed by atoms with Crippen LogP contribution in [0.5, 0.6) is 0 Å². The highest BCUT2D eigenvalue weighted by atomic mass is 32.2. The first-order valence-electron chi connectivity index (χ1n) is 7.51. The van der Waals surface area contributed by atoms with Crippen LogP contribution in [0.3, 0.4) is 0 Å². The van der Waals surface area contributed by atoms with Crippen LogP contribution in [0.4, 0.5) is 11.4 Å². The molecule has 4 nitrogen and oxygen atoms in total. The van der Waals surface area contributed by atoms with Crippen LogP contribution < -0.4 is 9.62 Å². The fourth-order valence-corrected chi connectivity index (χ4v) is 4.74. The molecule has 0 amide bonds. The summed E-state index contributed by atoms with van der Waals surface area (Å²) in [5.41, 5.74) is 1.55. The van der Waals surface area contributed by atoms with Crippen molar-refractivity contribution in [3.8, 4) is 0 Å². The molecule has 23 heavy (non-hydrogen) atoms. The number of fused-ring (bicyclic) bond motifs is 2. The molecule has 0 fully saturated rings. The fraction of sp³-hybridized carbons (Fsp3) is 0.111. The van der Waals surface area contributed by atoms with Crippen molar-refractivity contribution in [2.75, 3.05) is 22.7 Å². The first-order valence-corrected chi connectivity index (χ1v) is 8.95. The molecule has 1 aliphatic heterocycles. The second kappa shape index (κ2) is 5.28. The minimum absolute atomic E-state index is 0.354. The van der Waals surface area contributed by atoms with Gasteiger partial charge in [0.15, 0.2) is 0 Å². The molecule has 1 heterocycles. The number of nitrogens with zero attached hydrogens (tertiary/aromatic N) is 1. The number of nitrogens with one attached hydrogen (secondary N) is 1. The van der Waals surface area contributed by atoms with Crippen molar-refractivity contribution in [3.05, 3.63) is 66.7 Å². The van der Waals surface area contributed by atoms with Crippen molar-refractivity contribution in [2.45, 2.75) is 4.90 Å². The van der Waals surface area contributed by atoms with Gasteiger partial charge in [-0.3, -0.25) is 4.31 Å². The Bertz CT molecular complexity index is 978. The normalized spacial score (nSPS) is 14.3. The molecule has 3 aromatic carbocycles. The molecule has 0 saturated heterocycles. The lowest BCUT2D eigenvalue weighted by atomic mass is 10.1. The van der Waals surface area contributed by atoms with Gasteiger partial charge >= 0.3 is 0 Å². The van der Waals surface area contributed by atoms with E-state index in [0.29, 0.717) is 23.7 Å². The summed E-state index contributed by atoms with van der Waals surface area (Å²) in [6, 6.07) is 20.5. The fourth-order valence-electron chi connectivity index (χ4n) is 3.04. The van der Waals surface area contributed by atoms with Crippen LogP contribution in [-0.4, -0.2) is 21.5 Å². The zero-order valence-electron chi connectivity index (χ0n) is 12.4. The van der Waals surface area contributed by atoms with Crippen molar-refractivity contribution in [1.29, 1.82) is 0 Å². The van der Waals surface area contributed by atoms with Gasteiger partial charge in [0.1, 0.15) is 0 Å². The second-order valence-corrected chi connectivity index (χ2v) is 7.33. The molecule has 1 aliphatic rings. The van der Waals surface area contributed by atoms with Crippen molar-refractivity contribution >= 4 is 32.2 Å². The summed E-state index contributed by atoms with van der Waals surface area (Å²) >= 11 is 0. The van der Waals surface area contributed by atoms with E-state index in [1.807, 2.05) is 54.6 Å². The van der Waals surface area contributed by atoms with E-state index in [0.717, 1.165) is 16.5 Å². The Morgan fingerprint density at radius 2 is 1.61 bits per heavy atom. The van der Waals surface area contributed by atoms with Crippen molar-refractivity contribution < 1.29 is 8.42 Å². The number of sulfonamides is 1. The summed E-state index contributed by atoms with van der Waals surface area (Å²) in [5.74, 6) is 0. The highest BCUT2D eigenvalue weighted by Gasteiger charge is 2.29. The predicted octanol–water partition coefficient (Wildman–Crippen LogP) is 3.46. The first kappa shape index (κ1) is 14.1. The SMILES string of the molecule is O=S(=O)(c1cccc2ccccc12)N1CCNc2ccccc21. The van der Waals surface area contributed by atoms with Crippen LogP contribution in [0.25, 0.3) is 10.8 Å². The molecule has 1 N–H and O–H groups in total. The van der Waals surface area contributed by atoms with Gasteiger partial charge in [0.25, 0.3) is 10.0 Å². The van der Waals surface area contributed by atoms with Gasteiger partial charge in [-0.05, 0) is 23.6 Å². The number of hydrogen-bond donors (Lipinski definition) is 1. The minimum atomic E-state index is -3.61. The molecular formula is C18H16N2O2S. The number of rotatable bonds is 2. The Labute approximate surface area is 135 Å². The van der Waals surface area contributed by atoms with Crippen LogP contribution >= 0.6 is 0 Å². The van der Waals surface area contributed by atoms with Crippen LogP contribution in [0.2, 0.25) is 0 Å². The topological polar surface area (TPSA) is 49.4 Å². The largest absolute Gasteiger partial charge is 0.382 e. The number of benzene rings is 3. The highest BCUT2D eigenvalue weighted by molar-refractivity contribution is 7.93. The lowest BCUT2D eigenvalue weighted by Gasteiger charge is -2.31. The van der Waals surface area contributed by atoms with Crippen LogP contribution in [-0.2, 0) is 10.0 Å². The molecule has 0 aromatic heterocycles. The van der Waals surface area contributed by atoms with Gasteiger partial charge in [0.05, 0.1) is 22.8 Å². The highest BCUT2D eigenvalue weighted by Crippen LogP contribution is 2.34. The van der Waals surface area contributed by atoms with Gasteiger partial charge in [-0.1, -0.05) is 48.5 Å². The molecule has 0 bridgehead atoms.